The van der Waals surface area contributed by atoms with Crippen molar-refractivity contribution >= 4 is 11.4 Å². The summed E-state index contributed by atoms with van der Waals surface area (Å²) in [5, 5.41) is 3.05. The monoisotopic (exact) mass is 258 g/mol. The summed E-state index contributed by atoms with van der Waals surface area (Å²) in [7, 11) is 1.86. The van der Waals surface area contributed by atoms with E-state index in [1.165, 1.54) is 0 Å². The summed E-state index contributed by atoms with van der Waals surface area (Å²) in [6.45, 7) is 3.53. The van der Waals surface area contributed by atoms with Gasteiger partial charge in [0.25, 0.3) is 0 Å². The average Bonchev–Trinajstić information content (AvgIpc) is 2.40. The lowest BCUT2D eigenvalue weighted by molar-refractivity contribution is 0.623. The predicted molar refractivity (Wildman–Crippen MR) is 78.3 cm³/mol. The van der Waals surface area contributed by atoms with Crippen molar-refractivity contribution < 1.29 is 4.39 Å². The third kappa shape index (κ3) is 3.32. The molecule has 0 heterocycles. The molecular formula is C16H19FN2. The number of benzene rings is 2. The molecule has 0 aliphatic heterocycles. The molecule has 0 saturated carbocycles. The molecule has 0 aliphatic carbocycles. The maximum atomic E-state index is 13.7. The molecule has 0 radical (unpaired) electrons. The Bertz CT molecular complexity index is 526. The molecule has 2 aromatic carbocycles. The van der Waals surface area contributed by atoms with E-state index in [4.69, 9.17) is 0 Å². The third-order valence-electron chi connectivity index (χ3n) is 3.02. The van der Waals surface area contributed by atoms with E-state index in [1.54, 1.807) is 12.1 Å². The average molecular weight is 258 g/mol. The lowest BCUT2D eigenvalue weighted by Gasteiger charge is -2.24. The third-order valence-corrected chi connectivity index (χ3v) is 3.02. The van der Waals surface area contributed by atoms with Gasteiger partial charge in [-0.2, -0.15) is 0 Å². The molecule has 0 atom stereocenters. The molecule has 0 saturated heterocycles. The number of anilines is 2. The minimum absolute atomic E-state index is 0.197. The van der Waals surface area contributed by atoms with Gasteiger partial charge in [-0.25, -0.2) is 4.39 Å². The molecule has 100 valence electrons. The number of nitrogens with one attached hydrogen (secondary N) is 1. The first-order valence-electron chi connectivity index (χ1n) is 6.51. The van der Waals surface area contributed by atoms with E-state index < -0.39 is 0 Å². The predicted octanol–water partition coefficient (Wildman–Crippen LogP) is 3.70. The van der Waals surface area contributed by atoms with Crippen molar-refractivity contribution in [1.29, 1.82) is 0 Å². The van der Waals surface area contributed by atoms with Gasteiger partial charge in [0, 0.05) is 24.5 Å². The van der Waals surface area contributed by atoms with Crippen molar-refractivity contribution in [2.45, 2.75) is 13.5 Å². The molecule has 0 aromatic heterocycles. The number of hydrogen-bond donors (Lipinski definition) is 1. The van der Waals surface area contributed by atoms with Crippen molar-refractivity contribution in [2.24, 2.45) is 0 Å². The topological polar surface area (TPSA) is 15.3 Å². The second-order valence-electron chi connectivity index (χ2n) is 4.43. The van der Waals surface area contributed by atoms with E-state index in [0.717, 1.165) is 23.5 Å². The van der Waals surface area contributed by atoms with E-state index in [2.05, 4.69) is 17.1 Å². The van der Waals surface area contributed by atoms with Gasteiger partial charge >= 0.3 is 0 Å². The Hall–Kier alpha value is -1.87. The Morgan fingerprint density at radius 2 is 1.79 bits per heavy atom. The van der Waals surface area contributed by atoms with Crippen molar-refractivity contribution in [2.75, 3.05) is 18.5 Å². The Morgan fingerprint density at radius 1 is 1.05 bits per heavy atom. The smallest absolute Gasteiger partial charge is 0.125 e. The first-order valence-corrected chi connectivity index (χ1v) is 6.51. The fourth-order valence-corrected chi connectivity index (χ4v) is 2.22. The first-order chi connectivity index (χ1) is 9.24. The molecule has 1 N–H and O–H groups in total. The summed E-state index contributed by atoms with van der Waals surface area (Å²) in [6.07, 6.45) is 0. The van der Waals surface area contributed by atoms with Crippen LogP contribution in [0.3, 0.4) is 0 Å². The van der Waals surface area contributed by atoms with Gasteiger partial charge in [-0.3, -0.25) is 0 Å². The SMILES string of the molecule is CCN(c1ccccc1)c1cc(F)cc(CNC)c1. The van der Waals surface area contributed by atoms with E-state index in [-0.39, 0.29) is 5.82 Å². The van der Waals surface area contributed by atoms with Gasteiger partial charge in [0.1, 0.15) is 5.82 Å². The van der Waals surface area contributed by atoms with Crippen LogP contribution in [0, 0.1) is 5.82 Å². The lowest BCUT2D eigenvalue weighted by Crippen LogP contribution is -2.17. The normalized spacial score (nSPS) is 10.5. The van der Waals surface area contributed by atoms with E-state index in [1.807, 2.05) is 43.4 Å². The summed E-state index contributed by atoms with van der Waals surface area (Å²) >= 11 is 0. The van der Waals surface area contributed by atoms with Crippen LogP contribution in [0.15, 0.2) is 48.5 Å². The Balaban J connectivity index is 2.38. The molecule has 0 spiro atoms. The Labute approximate surface area is 113 Å². The largest absolute Gasteiger partial charge is 0.342 e. The van der Waals surface area contributed by atoms with Crippen molar-refractivity contribution in [3.63, 3.8) is 0 Å². The summed E-state index contributed by atoms with van der Waals surface area (Å²) in [5.74, 6) is -0.197. The fourth-order valence-electron chi connectivity index (χ4n) is 2.22. The number of nitrogens with zero attached hydrogens (tertiary/aromatic N) is 1. The highest BCUT2D eigenvalue weighted by Gasteiger charge is 2.09. The second-order valence-corrected chi connectivity index (χ2v) is 4.43. The van der Waals surface area contributed by atoms with Gasteiger partial charge in [0.2, 0.25) is 0 Å². The quantitative estimate of drug-likeness (QED) is 0.879. The zero-order chi connectivity index (χ0) is 13.7. The molecule has 2 rings (SSSR count). The molecule has 0 aliphatic rings. The summed E-state index contributed by atoms with van der Waals surface area (Å²) < 4.78 is 13.7. The molecular weight excluding hydrogens is 239 g/mol. The van der Waals surface area contributed by atoms with E-state index in [0.29, 0.717) is 6.54 Å². The van der Waals surface area contributed by atoms with Crippen molar-refractivity contribution in [3.8, 4) is 0 Å². The maximum absolute atomic E-state index is 13.7. The molecule has 2 aromatic rings. The molecule has 19 heavy (non-hydrogen) atoms. The molecule has 2 nitrogen and oxygen atoms in total. The second kappa shape index (κ2) is 6.34. The van der Waals surface area contributed by atoms with E-state index >= 15 is 0 Å². The van der Waals surface area contributed by atoms with Gasteiger partial charge in [-0.15, -0.1) is 0 Å². The lowest BCUT2D eigenvalue weighted by atomic mass is 10.1. The van der Waals surface area contributed by atoms with Gasteiger partial charge < -0.3 is 10.2 Å². The van der Waals surface area contributed by atoms with Crippen molar-refractivity contribution in [3.05, 3.63) is 59.9 Å². The fraction of sp³-hybridized carbons (Fsp3) is 0.250. The summed E-state index contributed by atoms with van der Waals surface area (Å²) in [4.78, 5) is 2.10. The van der Waals surface area contributed by atoms with Crippen LogP contribution in [-0.2, 0) is 6.54 Å². The van der Waals surface area contributed by atoms with Crippen LogP contribution < -0.4 is 10.2 Å². The van der Waals surface area contributed by atoms with E-state index in [9.17, 15) is 4.39 Å². The molecule has 3 heteroatoms. The number of hydrogen-bond acceptors (Lipinski definition) is 2. The number of rotatable bonds is 5. The molecule has 0 fully saturated rings. The summed E-state index contributed by atoms with van der Waals surface area (Å²) in [5.41, 5.74) is 2.91. The first kappa shape index (κ1) is 13.6. The Kier molecular flexibility index (Phi) is 4.53. The van der Waals surface area contributed by atoms with Gasteiger partial charge in [-0.05, 0) is 49.9 Å². The Morgan fingerprint density at radius 3 is 2.42 bits per heavy atom. The van der Waals surface area contributed by atoms with Crippen LogP contribution in [0.4, 0.5) is 15.8 Å². The van der Waals surface area contributed by atoms with Crippen LogP contribution in [-0.4, -0.2) is 13.6 Å². The van der Waals surface area contributed by atoms with Gasteiger partial charge in [0.05, 0.1) is 0 Å². The molecule has 0 unspecified atom stereocenters. The number of halogens is 1. The zero-order valence-electron chi connectivity index (χ0n) is 11.4. The summed E-state index contributed by atoms with van der Waals surface area (Å²) in [6, 6.07) is 15.2. The van der Waals surface area contributed by atoms with Crippen LogP contribution in [0.2, 0.25) is 0 Å². The van der Waals surface area contributed by atoms with Crippen LogP contribution >= 0.6 is 0 Å². The van der Waals surface area contributed by atoms with Gasteiger partial charge in [0.15, 0.2) is 0 Å². The van der Waals surface area contributed by atoms with Crippen LogP contribution in [0.1, 0.15) is 12.5 Å². The zero-order valence-corrected chi connectivity index (χ0v) is 11.4. The molecule has 0 bridgehead atoms. The van der Waals surface area contributed by atoms with Gasteiger partial charge in [-0.1, -0.05) is 18.2 Å². The highest BCUT2D eigenvalue weighted by molar-refractivity contribution is 5.63. The molecule has 0 amide bonds. The highest BCUT2D eigenvalue weighted by Crippen LogP contribution is 2.26. The van der Waals surface area contributed by atoms with Crippen LogP contribution in [0.5, 0.6) is 0 Å². The maximum Gasteiger partial charge on any atom is 0.125 e. The highest BCUT2D eigenvalue weighted by atomic mass is 19.1. The van der Waals surface area contributed by atoms with Crippen LogP contribution in [0.25, 0.3) is 0 Å². The standard InChI is InChI=1S/C16H19FN2/c1-3-19(15-7-5-4-6-8-15)16-10-13(12-18-2)9-14(17)11-16/h4-11,18H,3,12H2,1-2H3. The van der Waals surface area contributed by atoms with Crippen molar-refractivity contribution in [1.82, 2.24) is 5.32 Å². The number of para-hydroxylation sites is 1. The minimum Gasteiger partial charge on any atom is -0.342 e. The minimum atomic E-state index is -0.197.